The number of halogens is 2. The molecule has 0 aliphatic heterocycles. The molecule has 0 aliphatic carbocycles. The first-order chi connectivity index (χ1) is 5.29. The number of hydrogen-bond donors (Lipinski definition) is 1. The zero-order valence-electron chi connectivity index (χ0n) is 5.25. The van der Waals surface area contributed by atoms with Crippen LogP contribution in [0.5, 0.6) is 17.2 Å². The summed E-state index contributed by atoms with van der Waals surface area (Å²) in [5.74, 6) is 0.657. The van der Waals surface area contributed by atoms with Gasteiger partial charge >= 0.3 is 0 Å². The highest BCUT2D eigenvalue weighted by Gasteiger charge is 2.08. The quantitative estimate of drug-likeness (QED) is 0.907. The molecule has 1 N–H and O–H groups in total. The number of benzene rings is 1. The van der Waals surface area contributed by atoms with Gasteiger partial charge in [0.25, 0.3) is 0 Å². The zero-order chi connectivity index (χ0) is 8.27. The Bertz CT molecular complexity index is 252. The van der Waals surface area contributed by atoms with Gasteiger partial charge in [-0.15, -0.1) is 0 Å². The van der Waals surface area contributed by atoms with E-state index in [1.807, 2.05) is 0 Å². The predicted molar refractivity (Wildman–Crippen MR) is 47.2 cm³/mol. The number of rotatable bonds is 2. The fourth-order valence-corrected chi connectivity index (χ4v) is 1.22. The van der Waals surface area contributed by atoms with E-state index in [1.165, 1.54) is 6.07 Å². The molecule has 0 bridgehead atoms. The van der Waals surface area contributed by atoms with Crippen LogP contribution in [0.3, 0.4) is 0 Å². The fraction of sp³-hybridized carbons (Fsp3) is 0. The number of aromatic hydroxyl groups is 1. The highest BCUT2D eigenvalue weighted by atomic mass is 79.9. The van der Waals surface area contributed by atoms with Gasteiger partial charge in [0, 0.05) is 0 Å². The molecule has 0 amide bonds. The van der Waals surface area contributed by atoms with Gasteiger partial charge in [0.15, 0.2) is 44.0 Å². The molecule has 0 aliphatic rings. The average molecular weight is 284 g/mol. The Morgan fingerprint density at radius 2 is 1.91 bits per heavy atom. The Morgan fingerprint density at radius 1 is 1.18 bits per heavy atom. The normalized spacial score (nSPS) is 9.27. The van der Waals surface area contributed by atoms with Crippen molar-refractivity contribution in [1.29, 1.82) is 0 Å². The Morgan fingerprint density at radius 3 is 2.36 bits per heavy atom. The van der Waals surface area contributed by atoms with Crippen LogP contribution in [-0.2, 0) is 0 Å². The predicted octanol–water partition coefficient (Wildman–Crippen LogP) is 2.77. The second-order valence-electron chi connectivity index (χ2n) is 1.76. The van der Waals surface area contributed by atoms with Gasteiger partial charge in [-0.3, -0.25) is 0 Å². The largest absolute Gasteiger partial charge is 0.504 e. The van der Waals surface area contributed by atoms with Gasteiger partial charge in [0.2, 0.25) is 5.75 Å². The Kier molecular flexibility index (Phi) is 3.02. The van der Waals surface area contributed by atoms with E-state index >= 15 is 0 Å². The Hall–Kier alpha value is -0.420. The van der Waals surface area contributed by atoms with E-state index in [-0.39, 0.29) is 11.5 Å². The molecule has 0 fully saturated rings. The minimum absolute atomic E-state index is 0.0128. The summed E-state index contributed by atoms with van der Waals surface area (Å²) >= 11 is 5.51. The van der Waals surface area contributed by atoms with Crippen LogP contribution in [0.15, 0.2) is 18.2 Å². The topological polar surface area (TPSA) is 38.7 Å². The van der Waals surface area contributed by atoms with Crippen LogP contribution in [0.25, 0.3) is 0 Å². The molecule has 60 valence electrons. The van der Waals surface area contributed by atoms with Gasteiger partial charge in [-0.25, -0.2) is 0 Å². The summed E-state index contributed by atoms with van der Waals surface area (Å²) in [4.78, 5) is 0. The van der Waals surface area contributed by atoms with Gasteiger partial charge in [0.1, 0.15) is 0 Å². The first-order valence-electron chi connectivity index (χ1n) is 2.68. The summed E-state index contributed by atoms with van der Waals surface area (Å²) < 4.78 is 9.39. The lowest BCUT2D eigenvalue weighted by Crippen LogP contribution is -1.80. The Labute approximate surface area is 80.8 Å². The third kappa shape index (κ3) is 1.78. The van der Waals surface area contributed by atoms with Gasteiger partial charge in [-0.2, -0.15) is 0 Å². The van der Waals surface area contributed by atoms with E-state index in [4.69, 9.17) is 8.93 Å². The van der Waals surface area contributed by atoms with Crippen molar-refractivity contribution in [2.24, 2.45) is 0 Å². The summed E-state index contributed by atoms with van der Waals surface area (Å²) in [6, 6.07) is 4.78. The molecule has 0 spiro atoms. The smallest absolute Gasteiger partial charge is 0.221 e. The van der Waals surface area contributed by atoms with Crippen LogP contribution in [0.1, 0.15) is 0 Å². The van der Waals surface area contributed by atoms with Crippen molar-refractivity contribution in [2.45, 2.75) is 0 Å². The molecule has 1 rings (SSSR count). The molecule has 0 unspecified atom stereocenters. The standard InChI is InChI=1S/C6H4Br2O3/c7-10-5-3-1-2-4(9)6(5)11-8/h1-3,9H. The summed E-state index contributed by atoms with van der Waals surface area (Å²) in [5.41, 5.74) is 0. The second kappa shape index (κ2) is 3.82. The van der Waals surface area contributed by atoms with Crippen LogP contribution in [0.4, 0.5) is 0 Å². The number of phenolic OH excluding ortho intramolecular Hbond substituents is 1. The minimum atomic E-state index is 0.0128. The van der Waals surface area contributed by atoms with E-state index < -0.39 is 0 Å². The minimum Gasteiger partial charge on any atom is -0.504 e. The van der Waals surface area contributed by atoms with Crippen LogP contribution in [0.2, 0.25) is 0 Å². The van der Waals surface area contributed by atoms with Gasteiger partial charge in [-0.05, 0) is 12.1 Å². The summed E-state index contributed by atoms with van der Waals surface area (Å²) in [6.07, 6.45) is 0. The molecule has 0 radical (unpaired) electrons. The Balaban J connectivity index is 3.13. The average Bonchev–Trinajstić information content (AvgIpc) is 2.04. The van der Waals surface area contributed by atoms with Crippen LogP contribution in [0, 0.1) is 0 Å². The van der Waals surface area contributed by atoms with E-state index in [0.717, 1.165) is 0 Å². The molecule has 5 heteroatoms. The molecule has 0 heterocycles. The molecule has 0 aromatic heterocycles. The van der Waals surface area contributed by atoms with Crippen molar-refractivity contribution in [1.82, 2.24) is 0 Å². The first-order valence-corrected chi connectivity index (χ1v) is 3.98. The van der Waals surface area contributed by atoms with Crippen molar-refractivity contribution in [3.63, 3.8) is 0 Å². The van der Waals surface area contributed by atoms with Crippen LogP contribution in [-0.4, -0.2) is 5.11 Å². The highest BCUT2D eigenvalue weighted by molar-refractivity contribution is 9.06. The van der Waals surface area contributed by atoms with Crippen LogP contribution >= 0.6 is 32.5 Å². The van der Waals surface area contributed by atoms with Gasteiger partial charge in [-0.1, -0.05) is 6.07 Å². The molecular formula is C6H4Br2O3. The maximum Gasteiger partial charge on any atom is 0.221 e. The molecule has 3 nitrogen and oxygen atoms in total. The van der Waals surface area contributed by atoms with Crippen molar-refractivity contribution >= 4 is 32.5 Å². The van der Waals surface area contributed by atoms with Crippen molar-refractivity contribution in [3.8, 4) is 17.2 Å². The SMILES string of the molecule is Oc1cccc(OBr)c1OBr. The lowest BCUT2D eigenvalue weighted by molar-refractivity contribution is 0.447. The second-order valence-corrected chi connectivity index (χ2v) is 2.41. The van der Waals surface area contributed by atoms with E-state index in [0.29, 0.717) is 5.75 Å². The fourth-order valence-electron chi connectivity index (χ4n) is 0.643. The third-order valence-corrected chi connectivity index (χ3v) is 1.79. The van der Waals surface area contributed by atoms with E-state index in [2.05, 4.69) is 36.3 Å². The highest BCUT2D eigenvalue weighted by Crippen LogP contribution is 2.37. The summed E-state index contributed by atoms with van der Waals surface area (Å²) in [7, 11) is 0. The molecule has 0 atom stereocenters. The summed E-state index contributed by atoms with van der Waals surface area (Å²) in [5, 5.41) is 9.17. The van der Waals surface area contributed by atoms with Gasteiger partial charge in [0.05, 0.1) is 0 Å². The molecule has 1 aromatic carbocycles. The lowest BCUT2D eigenvalue weighted by atomic mass is 10.3. The zero-order valence-corrected chi connectivity index (χ0v) is 8.42. The maximum absolute atomic E-state index is 9.17. The van der Waals surface area contributed by atoms with Crippen molar-refractivity contribution in [3.05, 3.63) is 18.2 Å². The van der Waals surface area contributed by atoms with E-state index in [1.54, 1.807) is 12.1 Å². The number of para-hydroxylation sites is 1. The molecule has 0 saturated heterocycles. The van der Waals surface area contributed by atoms with Crippen molar-refractivity contribution in [2.75, 3.05) is 0 Å². The lowest BCUT2D eigenvalue weighted by Gasteiger charge is -2.03. The van der Waals surface area contributed by atoms with Crippen molar-refractivity contribution < 1.29 is 12.8 Å². The first kappa shape index (κ1) is 8.67. The summed E-state index contributed by atoms with van der Waals surface area (Å²) in [6.45, 7) is 0. The van der Waals surface area contributed by atoms with E-state index in [9.17, 15) is 0 Å². The number of phenols is 1. The van der Waals surface area contributed by atoms with Crippen LogP contribution < -0.4 is 7.66 Å². The monoisotopic (exact) mass is 282 g/mol. The molecule has 11 heavy (non-hydrogen) atoms. The maximum atomic E-state index is 9.17. The number of hydrogen-bond acceptors (Lipinski definition) is 3. The molecular weight excluding hydrogens is 280 g/mol. The molecule has 1 aromatic rings. The van der Waals surface area contributed by atoms with Gasteiger partial charge < -0.3 is 12.8 Å². The molecule has 0 saturated carbocycles. The third-order valence-electron chi connectivity index (χ3n) is 1.12.